The summed E-state index contributed by atoms with van der Waals surface area (Å²) >= 11 is 10.7. The van der Waals surface area contributed by atoms with Gasteiger partial charge in [-0.1, -0.05) is 51.6 Å². The van der Waals surface area contributed by atoms with Crippen LogP contribution in [0.1, 0.15) is 5.69 Å². The van der Waals surface area contributed by atoms with Gasteiger partial charge >= 0.3 is 5.97 Å². The van der Waals surface area contributed by atoms with Crippen LogP contribution in [-0.4, -0.2) is 83.1 Å². The van der Waals surface area contributed by atoms with Crippen molar-refractivity contribution in [2.45, 2.75) is 21.6 Å². The number of nitrogens with one attached hydrogen (secondary N) is 1. The third kappa shape index (κ3) is 6.25. The van der Waals surface area contributed by atoms with Gasteiger partial charge < -0.3 is 32.8 Å². The Morgan fingerprint density at radius 3 is 2.74 bits per heavy atom. The van der Waals surface area contributed by atoms with Crippen molar-refractivity contribution < 1.29 is 24.7 Å². The number of nitrogens with zero attached hydrogens (tertiary/aromatic N) is 5. The Morgan fingerprint density at radius 1 is 1.33 bits per heavy atom. The van der Waals surface area contributed by atoms with Crippen molar-refractivity contribution in [3.05, 3.63) is 38.9 Å². The zero-order valence-electron chi connectivity index (χ0n) is 19.6. The van der Waals surface area contributed by atoms with Gasteiger partial charge in [0, 0.05) is 24.1 Å². The third-order valence-corrected chi connectivity index (χ3v) is 9.13. The van der Waals surface area contributed by atoms with E-state index >= 15 is 0 Å². The number of hydrogen-bond donors (Lipinski definition) is 6. The summed E-state index contributed by atoms with van der Waals surface area (Å²) in [6.45, 7) is 0.460. The number of nitrogens with two attached hydrogens (primary N) is 3. The van der Waals surface area contributed by atoms with Gasteiger partial charge in [0.1, 0.15) is 38.0 Å². The minimum absolute atomic E-state index is 0.0321. The first-order chi connectivity index (χ1) is 18.6. The Kier molecular flexibility index (Phi) is 9.23. The topological polar surface area (TPSA) is 236 Å². The fourth-order valence-corrected chi connectivity index (χ4v) is 7.16. The molecule has 2 aromatic heterocycles. The summed E-state index contributed by atoms with van der Waals surface area (Å²) in [5.74, 6) is -1.68. The summed E-state index contributed by atoms with van der Waals surface area (Å²) in [5, 5.41) is 26.7. The van der Waals surface area contributed by atoms with Gasteiger partial charge in [0.2, 0.25) is 0 Å². The van der Waals surface area contributed by atoms with Gasteiger partial charge in [0.25, 0.3) is 11.8 Å². The summed E-state index contributed by atoms with van der Waals surface area (Å²) < 4.78 is 0.0321. The van der Waals surface area contributed by atoms with E-state index in [1.807, 2.05) is 0 Å². The highest BCUT2D eigenvalue weighted by Crippen LogP contribution is 2.41. The number of allylic oxidation sites excluding steroid dienone is 1. The van der Waals surface area contributed by atoms with E-state index in [2.05, 4.69) is 25.4 Å². The molecule has 2 aliphatic rings. The van der Waals surface area contributed by atoms with Gasteiger partial charge in [-0.05, 0) is 17.1 Å². The minimum Gasteiger partial charge on any atom is -0.477 e. The minimum atomic E-state index is -1.29. The number of aromatic nitrogens is 3. The summed E-state index contributed by atoms with van der Waals surface area (Å²) in [4.78, 5) is 51.3. The molecule has 1 saturated heterocycles. The van der Waals surface area contributed by atoms with Crippen LogP contribution in [0.3, 0.4) is 0 Å². The Hall–Kier alpha value is -3.03. The van der Waals surface area contributed by atoms with Crippen molar-refractivity contribution in [3.8, 4) is 0 Å². The number of carboxylic acids is 1. The summed E-state index contributed by atoms with van der Waals surface area (Å²) in [5.41, 5.74) is 16.5. The van der Waals surface area contributed by atoms with Crippen molar-refractivity contribution in [1.82, 2.24) is 25.2 Å². The number of amides is 2. The van der Waals surface area contributed by atoms with Gasteiger partial charge in [-0.15, -0.1) is 11.8 Å². The number of aliphatic carboxylic acids is 1. The second-order valence-corrected chi connectivity index (χ2v) is 12.4. The maximum atomic E-state index is 12.9. The van der Waals surface area contributed by atoms with Crippen molar-refractivity contribution in [3.63, 3.8) is 0 Å². The van der Waals surface area contributed by atoms with Crippen LogP contribution in [0.4, 0.5) is 10.9 Å². The van der Waals surface area contributed by atoms with Crippen molar-refractivity contribution in [1.29, 1.82) is 0 Å². The van der Waals surface area contributed by atoms with E-state index < -0.39 is 34.9 Å². The molecule has 19 heteroatoms. The molecule has 2 aromatic rings. The van der Waals surface area contributed by atoms with E-state index in [0.29, 0.717) is 28.1 Å². The lowest BCUT2D eigenvalue weighted by Crippen LogP contribution is -2.71. The molecule has 14 nitrogen and oxygen atoms in total. The molecule has 0 aromatic carbocycles. The molecular formula is C20H20ClN9O5S4. The number of carbonyl (C=O) groups excluding carboxylic acids is 2. The van der Waals surface area contributed by atoms with Gasteiger partial charge in [0.15, 0.2) is 16.0 Å². The molecule has 0 saturated carbocycles. The quantitative estimate of drug-likeness (QED) is 0.0409. The Labute approximate surface area is 242 Å². The van der Waals surface area contributed by atoms with Crippen LogP contribution >= 0.6 is 58.2 Å². The number of rotatable bonds is 10. The molecule has 4 heterocycles. The average molecular weight is 630 g/mol. The van der Waals surface area contributed by atoms with E-state index in [1.54, 1.807) is 17.6 Å². The smallest absolute Gasteiger partial charge is 0.352 e. The number of carboxylic acid groups (broad SMARTS) is 1. The van der Waals surface area contributed by atoms with E-state index in [-0.39, 0.29) is 32.4 Å². The normalized spacial score (nSPS) is 19.3. The van der Waals surface area contributed by atoms with E-state index in [1.165, 1.54) is 35.3 Å². The van der Waals surface area contributed by atoms with Crippen LogP contribution in [0.25, 0.3) is 0 Å². The van der Waals surface area contributed by atoms with Crippen LogP contribution in [-0.2, 0) is 14.4 Å². The predicted octanol–water partition coefficient (Wildman–Crippen LogP) is 1.02. The SMILES string of the molecule is NCCSc1nc(N)cc(S/C=C/C2=C(C(=O)O)N3C(=O)[C@@H](NC(=O)C(=NO)c4nc(N)sc4Cl)[C@H]3SC2)n1. The largest absolute Gasteiger partial charge is 0.477 e. The van der Waals surface area contributed by atoms with Crippen molar-refractivity contribution in [2.75, 3.05) is 29.5 Å². The number of nitrogen functional groups attached to an aromatic ring is 2. The highest BCUT2D eigenvalue weighted by atomic mass is 35.5. The number of thiazole rings is 1. The predicted molar refractivity (Wildman–Crippen MR) is 151 cm³/mol. The first kappa shape index (κ1) is 29.0. The van der Waals surface area contributed by atoms with Gasteiger partial charge in [0.05, 0.1) is 0 Å². The van der Waals surface area contributed by atoms with Crippen LogP contribution < -0.4 is 22.5 Å². The number of halogens is 1. The molecule has 2 atom stereocenters. The highest BCUT2D eigenvalue weighted by Gasteiger charge is 2.54. The number of thioether (sulfide) groups is 3. The fraction of sp³-hybridized carbons (Fsp3) is 0.250. The zero-order valence-corrected chi connectivity index (χ0v) is 23.6. The number of β-lactam (4-membered cyclic amide) rings is 1. The van der Waals surface area contributed by atoms with Crippen LogP contribution in [0, 0.1) is 0 Å². The van der Waals surface area contributed by atoms with Gasteiger partial charge in [-0.2, -0.15) is 0 Å². The Bertz CT molecular complexity index is 1420. The number of anilines is 2. The standard InChI is InChI=1S/C20H20ClN9O5S4/c21-14-10(28-19(24)39-14)11(29-35)15(31)27-12-16(32)30-13(18(33)34)7(6-38-17(12)30)1-3-36-9-5-8(23)25-20(26-9)37-4-2-22/h1,3,5,12,17,35H,2,4,6,22H2,(H2,24,28)(H,27,31)(H,33,34)(H2,23,25,26)/b3-1+,29-11?/t12-,17-/m1/s1. The first-order valence-corrected chi connectivity index (χ1v) is 14.9. The number of carbonyl (C=O) groups is 3. The molecular weight excluding hydrogens is 610 g/mol. The summed E-state index contributed by atoms with van der Waals surface area (Å²) in [6.07, 6.45) is 1.59. The molecule has 1 fully saturated rings. The molecule has 2 amide bonds. The van der Waals surface area contributed by atoms with Crippen LogP contribution in [0.2, 0.25) is 4.34 Å². The number of fused-ring (bicyclic) bond motifs is 1. The third-order valence-electron chi connectivity index (χ3n) is 5.14. The fourth-order valence-electron chi connectivity index (χ4n) is 3.53. The molecule has 206 valence electrons. The molecule has 9 N–H and O–H groups in total. The lowest BCUT2D eigenvalue weighted by atomic mass is 10.0. The Balaban J connectivity index is 1.47. The summed E-state index contributed by atoms with van der Waals surface area (Å²) in [7, 11) is 0. The number of oxime groups is 1. The molecule has 0 spiro atoms. The molecule has 0 aliphatic carbocycles. The van der Waals surface area contributed by atoms with Crippen molar-refractivity contribution in [2.24, 2.45) is 10.9 Å². The molecule has 4 rings (SSSR count). The van der Waals surface area contributed by atoms with Crippen LogP contribution in [0.15, 0.2) is 44.2 Å². The van der Waals surface area contributed by atoms with Crippen molar-refractivity contribution >= 4 is 92.7 Å². The lowest BCUT2D eigenvalue weighted by molar-refractivity contribution is -0.150. The second kappa shape index (κ2) is 12.4. The summed E-state index contributed by atoms with van der Waals surface area (Å²) in [6, 6.07) is 0.528. The van der Waals surface area contributed by atoms with Gasteiger partial charge in [-0.25, -0.2) is 19.7 Å². The number of hydrogen-bond acceptors (Lipinski definition) is 15. The molecule has 0 unspecified atom stereocenters. The van der Waals surface area contributed by atoms with E-state index in [0.717, 1.165) is 16.2 Å². The Morgan fingerprint density at radius 2 is 2.10 bits per heavy atom. The molecule has 39 heavy (non-hydrogen) atoms. The monoisotopic (exact) mass is 629 g/mol. The average Bonchev–Trinajstić information content (AvgIpc) is 3.22. The molecule has 0 radical (unpaired) electrons. The van der Waals surface area contributed by atoms with Gasteiger partial charge in [-0.3, -0.25) is 14.5 Å². The lowest BCUT2D eigenvalue weighted by Gasteiger charge is -2.49. The second-order valence-electron chi connectivity index (χ2n) is 7.63. The highest BCUT2D eigenvalue weighted by molar-refractivity contribution is 8.02. The van der Waals surface area contributed by atoms with Crippen LogP contribution in [0.5, 0.6) is 0 Å². The zero-order chi connectivity index (χ0) is 28.3. The molecule has 0 bridgehead atoms. The maximum absolute atomic E-state index is 12.9. The van der Waals surface area contributed by atoms with E-state index in [9.17, 15) is 24.7 Å². The maximum Gasteiger partial charge on any atom is 0.352 e. The first-order valence-electron chi connectivity index (χ1n) is 10.8. The van der Waals surface area contributed by atoms with E-state index in [4.69, 9.17) is 28.8 Å². The molecule has 2 aliphatic heterocycles.